The summed E-state index contributed by atoms with van der Waals surface area (Å²) in [6.45, 7) is 10.3. The van der Waals surface area contributed by atoms with Crippen LogP contribution in [0.4, 0.5) is 4.79 Å². The van der Waals surface area contributed by atoms with Crippen LogP contribution in [0.1, 0.15) is 27.2 Å². The summed E-state index contributed by atoms with van der Waals surface area (Å²) in [5.41, 5.74) is -0.538. The van der Waals surface area contributed by atoms with Gasteiger partial charge in [-0.2, -0.15) is 0 Å². The molecule has 1 aliphatic rings. The molecule has 0 aliphatic carbocycles. The van der Waals surface area contributed by atoms with Gasteiger partial charge < -0.3 is 14.6 Å². The zero-order valence-corrected chi connectivity index (χ0v) is 11.4. The van der Waals surface area contributed by atoms with E-state index in [0.717, 1.165) is 0 Å². The second kappa shape index (κ2) is 6.20. The van der Waals surface area contributed by atoms with Crippen LogP contribution in [0.2, 0.25) is 0 Å². The smallest absolute Gasteiger partial charge is 0.410 e. The van der Waals surface area contributed by atoms with E-state index in [0.29, 0.717) is 26.2 Å². The first-order valence-electron chi connectivity index (χ1n) is 6.21. The van der Waals surface area contributed by atoms with E-state index in [1.54, 1.807) is 11.0 Å². The van der Waals surface area contributed by atoms with E-state index in [9.17, 15) is 9.90 Å². The summed E-state index contributed by atoms with van der Waals surface area (Å²) >= 11 is 0. The van der Waals surface area contributed by atoms with Crippen LogP contribution < -0.4 is 0 Å². The molecule has 0 aromatic carbocycles. The molecule has 18 heavy (non-hydrogen) atoms. The van der Waals surface area contributed by atoms with E-state index in [-0.39, 0.29) is 6.04 Å². The third-order valence-electron chi connectivity index (χ3n) is 2.65. The van der Waals surface area contributed by atoms with E-state index in [2.05, 4.69) is 6.58 Å². The summed E-state index contributed by atoms with van der Waals surface area (Å²) < 4.78 is 10.6. The minimum atomic E-state index is -0.671. The van der Waals surface area contributed by atoms with Crippen molar-refractivity contribution in [3.8, 4) is 0 Å². The van der Waals surface area contributed by atoms with Crippen LogP contribution in [0.5, 0.6) is 0 Å². The first-order valence-corrected chi connectivity index (χ1v) is 6.21. The Morgan fingerprint density at radius 3 is 2.89 bits per heavy atom. The second-order valence-electron chi connectivity index (χ2n) is 5.41. The fourth-order valence-corrected chi connectivity index (χ4v) is 1.82. The first kappa shape index (κ1) is 15.0. The number of nitrogens with zero attached hydrogens (tertiary/aromatic N) is 1. The number of aliphatic hydroxyl groups is 1. The molecule has 104 valence electrons. The summed E-state index contributed by atoms with van der Waals surface area (Å²) in [5.74, 6) is 0. The summed E-state index contributed by atoms with van der Waals surface area (Å²) in [4.78, 5) is 13.6. The SMILES string of the molecule is C=CCC(O)C1COCCN1C(=O)OC(C)(C)C. The van der Waals surface area contributed by atoms with Crippen molar-refractivity contribution in [2.45, 2.75) is 44.9 Å². The summed E-state index contributed by atoms with van der Waals surface area (Å²) in [7, 11) is 0. The van der Waals surface area contributed by atoms with Crippen molar-refractivity contribution < 1.29 is 19.4 Å². The Labute approximate surface area is 108 Å². The molecule has 1 saturated heterocycles. The molecular weight excluding hydrogens is 234 g/mol. The molecule has 0 spiro atoms. The molecule has 5 heteroatoms. The van der Waals surface area contributed by atoms with Gasteiger partial charge in [0.1, 0.15) is 5.60 Å². The maximum atomic E-state index is 12.0. The van der Waals surface area contributed by atoms with Gasteiger partial charge in [0.2, 0.25) is 0 Å². The largest absolute Gasteiger partial charge is 0.444 e. The third kappa shape index (κ3) is 4.31. The highest BCUT2D eigenvalue weighted by Crippen LogP contribution is 2.18. The van der Waals surface area contributed by atoms with Gasteiger partial charge in [-0.15, -0.1) is 6.58 Å². The number of rotatable bonds is 3. The van der Waals surface area contributed by atoms with Gasteiger partial charge in [0, 0.05) is 6.54 Å². The molecule has 1 rings (SSSR count). The summed E-state index contributed by atoms with van der Waals surface area (Å²) in [6.07, 6.45) is 0.981. The third-order valence-corrected chi connectivity index (χ3v) is 2.65. The number of aliphatic hydroxyl groups excluding tert-OH is 1. The molecule has 0 aromatic heterocycles. The number of hydrogen-bond acceptors (Lipinski definition) is 4. The van der Waals surface area contributed by atoms with Crippen LogP contribution in [0.15, 0.2) is 12.7 Å². The minimum absolute atomic E-state index is 0.328. The van der Waals surface area contributed by atoms with Crippen molar-refractivity contribution in [1.29, 1.82) is 0 Å². The molecule has 5 nitrogen and oxygen atoms in total. The number of morpholine rings is 1. The number of ether oxygens (including phenoxy) is 2. The highest BCUT2D eigenvalue weighted by Gasteiger charge is 2.34. The van der Waals surface area contributed by atoms with Crippen LogP contribution in [-0.4, -0.2) is 53.6 Å². The number of amides is 1. The van der Waals surface area contributed by atoms with Crippen LogP contribution in [0.3, 0.4) is 0 Å². The van der Waals surface area contributed by atoms with Gasteiger partial charge in [-0.1, -0.05) is 6.08 Å². The molecule has 2 atom stereocenters. The van der Waals surface area contributed by atoms with Gasteiger partial charge in [0.05, 0.1) is 25.4 Å². The maximum Gasteiger partial charge on any atom is 0.410 e. The van der Waals surface area contributed by atoms with E-state index >= 15 is 0 Å². The zero-order chi connectivity index (χ0) is 13.8. The molecule has 1 amide bonds. The normalized spacial score (nSPS) is 22.4. The van der Waals surface area contributed by atoms with Crippen molar-refractivity contribution in [2.75, 3.05) is 19.8 Å². The Morgan fingerprint density at radius 2 is 2.33 bits per heavy atom. The van der Waals surface area contributed by atoms with Crippen molar-refractivity contribution in [3.63, 3.8) is 0 Å². The standard InChI is InChI=1S/C13H23NO4/c1-5-6-11(15)10-9-17-8-7-14(10)12(16)18-13(2,3)4/h5,10-11,15H,1,6-9H2,2-4H3. The van der Waals surface area contributed by atoms with Crippen LogP contribution in [0, 0.1) is 0 Å². The predicted molar refractivity (Wildman–Crippen MR) is 68.4 cm³/mol. The Morgan fingerprint density at radius 1 is 1.67 bits per heavy atom. The highest BCUT2D eigenvalue weighted by atomic mass is 16.6. The Hall–Kier alpha value is -1.07. The van der Waals surface area contributed by atoms with Gasteiger partial charge >= 0.3 is 6.09 Å². The van der Waals surface area contributed by atoms with Crippen LogP contribution >= 0.6 is 0 Å². The molecule has 1 heterocycles. The Kier molecular flexibility index (Phi) is 5.16. The lowest BCUT2D eigenvalue weighted by Gasteiger charge is -2.38. The van der Waals surface area contributed by atoms with Crippen LogP contribution in [0.25, 0.3) is 0 Å². The number of carbonyl (C=O) groups excluding carboxylic acids is 1. The van der Waals surface area contributed by atoms with Crippen LogP contribution in [-0.2, 0) is 9.47 Å². The molecule has 1 aliphatic heterocycles. The molecule has 1 fully saturated rings. The highest BCUT2D eigenvalue weighted by molar-refractivity contribution is 5.68. The lowest BCUT2D eigenvalue weighted by atomic mass is 10.1. The second-order valence-corrected chi connectivity index (χ2v) is 5.41. The van der Waals surface area contributed by atoms with E-state index < -0.39 is 17.8 Å². The molecule has 1 N–H and O–H groups in total. The molecule has 0 aromatic rings. The zero-order valence-electron chi connectivity index (χ0n) is 11.4. The van der Waals surface area contributed by atoms with Gasteiger partial charge in [-0.05, 0) is 27.2 Å². The van der Waals surface area contributed by atoms with Crippen molar-refractivity contribution >= 4 is 6.09 Å². The Balaban J connectivity index is 2.69. The average molecular weight is 257 g/mol. The average Bonchev–Trinajstić information content (AvgIpc) is 2.27. The minimum Gasteiger partial charge on any atom is -0.444 e. The van der Waals surface area contributed by atoms with E-state index in [1.165, 1.54) is 0 Å². The monoisotopic (exact) mass is 257 g/mol. The van der Waals surface area contributed by atoms with E-state index in [4.69, 9.17) is 9.47 Å². The number of hydrogen-bond donors (Lipinski definition) is 1. The molecule has 0 saturated carbocycles. The van der Waals surface area contributed by atoms with Gasteiger partial charge in [0.15, 0.2) is 0 Å². The van der Waals surface area contributed by atoms with Crippen molar-refractivity contribution in [3.05, 3.63) is 12.7 Å². The fourth-order valence-electron chi connectivity index (χ4n) is 1.82. The summed E-state index contributed by atoms with van der Waals surface area (Å²) in [5, 5.41) is 9.99. The van der Waals surface area contributed by atoms with Gasteiger partial charge in [-0.3, -0.25) is 4.90 Å². The number of carbonyl (C=O) groups is 1. The molecule has 2 unspecified atom stereocenters. The lowest BCUT2D eigenvalue weighted by Crippen LogP contribution is -2.55. The van der Waals surface area contributed by atoms with Gasteiger partial charge in [0.25, 0.3) is 0 Å². The Bertz CT molecular complexity index is 298. The lowest BCUT2D eigenvalue weighted by molar-refractivity contribution is -0.0654. The predicted octanol–water partition coefficient (Wildman–Crippen LogP) is 1.56. The molecular formula is C13H23NO4. The van der Waals surface area contributed by atoms with Crippen molar-refractivity contribution in [1.82, 2.24) is 4.90 Å². The molecule has 0 bridgehead atoms. The maximum absolute atomic E-state index is 12.0. The van der Waals surface area contributed by atoms with E-state index in [1.807, 2.05) is 20.8 Å². The van der Waals surface area contributed by atoms with Gasteiger partial charge in [-0.25, -0.2) is 4.79 Å². The topological polar surface area (TPSA) is 59.0 Å². The molecule has 0 radical (unpaired) electrons. The van der Waals surface area contributed by atoms with Crippen molar-refractivity contribution in [2.24, 2.45) is 0 Å². The quantitative estimate of drug-likeness (QED) is 0.779. The first-order chi connectivity index (χ1) is 8.35. The summed E-state index contributed by atoms with van der Waals surface area (Å²) in [6, 6.07) is -0.369. The fraction of sp³-hybridized carbons (Fsp3) is 0.769.